The Morgan fingerprint density at radius 1 is 1.47 bits per heavy atom. The van der Waals surface area contributed by atoms with E-state index in [0.717, 1.165) is 5.82 Å². The van der Waals surface area contributed by atoms with Crippen LogP contribution in [0, 0.1) is 5.41 Å². The second-order valence-electron chi connectivity index (χ2n) is 5.25. The average Bonchev–Trinajstić information content (AvgIpc) is 2.60. The molecule has 5 nitrogen and oxygen atoms in total. The average molecular weight is 288 g/mol. The Morgan fingerprint density at radius 3 is 2.74 bits per heavy atom. The van der Waals surface area contributed by atoms with Crippen LogP contribution in [0.15, 0.2) is 29.7 Å². The first-order valence-corrected chi connectivity index (χ1v) is 5.91. The van der Waals surface area contributed by atoms with E-state index in [0.29, 0.717) is 13.3 Å². The lowest BCUT2D eigenvalue weighted by atomic mass is 9.96. The van der Waals surface area contributed by atoms with Crippen molar-refractivity contribution in [2.75, 3.05) is 6.61 Å². The highest BCUT2D eigenvalue weighted by atomic mass is 35.5. The molecule has 0 fully saturated rings. The number of oxime groups is 1. The van der Waals surface area contributed by atoms with E-state index in [4.69, 9.17) is 9.94 Å². The van der Waals surface area contributed by atoms with Crippen molar-refractivity contribution in [2.24, 2.45) is 17.6 Å². The first kappa shape index (κ1) is 17.7. The van der Waals surface area contributed by atoms with Crippen LogP contribution in [0.1, 0.15) is 26.6 Å². The number of aryl methyl sites for hydroxylation is 1. The van der Waals surface area contributed by atoms with Crippen molar-refractivity contribution < 1.29 is 26.9 Å². The minimum atomic E-state index is 0. The zero-order valence-electron chi connectivity index (χ0n) is 11.9. The molecule has 0 aliphatic carbocycles. The van der Waals surface area contributed by atoms with Crippen LogP contribution in [0.25, 0.3) is 0 Å². The fraction of sp³-hybridized carbons (Fsp3) is 0.538. The molecule has 0 spiro atoms. The number of halogens is 1. The normalized spacial score (nSPS) is 12.2. The van der Waals surface area contributed by atoms with Crippen LogP contribution in [0.3, 0.4) is 0 Å². The Kier molecular flexibility index (Phi) is 7.41. The van der Waals surface area contributed by atoms with E-state index in [1.54, 1.807) is 0 Å². The van der Waals surface area contributed by atoms with E-state index in [1.165, 1.54) is 6.21 Å². The molecule has 1 N–H and O–H groups in total. The van der Waals surface area contributed by atoms with Crippen LogP contribution in [-0.2, 0) is 18.5 Å². The molecule has 108 valence electrons. The van der Waals surface area contributed by atoms with Gasteiger partial charge in [0.15, 0.2) is 12.9 Å². The summed E-state index contributed by atoms with van der Waals surface area (Å²) in [6.45, 7) is 7.42. The third-order valence-electron chi connectivity index (χ3n) is 2.36. The first-order chi connectivity index (χ1) is 8.44. The number of imidazole rings is 1. The van der Waals surface area contributed by atoms with Crippen LogP contribution in [0.2, 0.25) is 0 Å². The first-order valence-electron chi connectivity index (χ1n) is 5.91. The Morgan fingerprint density at radius 2 is 2.16 bits per heavy atom. The summed E-state index contributed by atoms with van der Waals surface area (Å²) in [5.41, 5.74) is 0.179. The third kappa shape index (κ3) is 6.40. The number of ether oxygens (including phenoxy) is 1. The van der Waals surface area contributed by atoms with Gasteiger partial charge in [-0.05, 0) is 5.41 Å². The lowest BCUT2D eigenvalue weighted by molar-refractivity contribution is -0.672. The SMILES string of the molecule is C[n+]1ccn(COC/C=C/C(C)(C)C)c1/C=N\O.[Cl-]. The van der Waals surface area contributed by atoms with E-state index in [-0.39, 0.29) is 17.8 Å². The van der Waals surface area contributed by atoms with Gasteiger partial charge in [0.1, 0.15) is 12.4 Å². The molecule has 0 amide bonds. The summed E-state index contributed by atoms with van der Waals surface area (Å²) >= 11 is 0. The summed E-state index contributed by atoms with van der Waals surface area (Å²) in [7, 11) is 1.88. The zero-order chi connectivity index (χ0) is 13.6. The van der Waals surface area contributed by atoms with Gasteiger partial charge in [-0.15, -0.1) is 0 Å². The van der Waals surface area contributed by atoms with E-state index in [9.17, 15) is 0 Å². The second-order valence-corrected chi connectivity index (χ2v) is 5.25. The molecule has 19 heavy (non-hydrogen) atoms. The van der Waals surface area contributed by atoms with Crippen LogP contribution >= 0.6 is 0 Å². The maximum atomic E-state index is 8.58. The molecule has 1 rings (SSSR count). The molecule has 6 heteroatoms. The number of hydrogen-bond acceptors (Lipinski definition) is 3. The van der Waals surface area contributed by atoms with Gasteiger partial charge in [0.2, 0.25) is 0 Å². The van der Waals surface area contributed by atoms with Crippen molar-refractivity contribution in [3.63, 3.8) is 0 Å². The van der Waals surface area contributed by atoms with E-state index < -0.39 is 0 Å². The van der Waals surface area contributed by atoms with Gasteiger partial charge < -0.3 is 22.4 Å². The molecule has 1 aromatic heterocycles. The fourth-order valence-electron chi connectivity index (χ4n) is 1.48. The summed E-state index contributed by atoms with van der Waals surface area (Å²) in [5.74, 6) is 0.775. The van der Waals surface area contributed by atoms with Crippen molar-refractivity contribution in [2.45, 2.75) is 27.5 Å². The summed E-state index contributed by atoms with van der Waals surface area (Å²) in [4.78, 5) is 0. The van der Waals surface area contributed by atoms with Gasteiger partial charge in [0.25, 0.3) is 0 Å². The Balaban J connectivity index is 0.00000324. The van der Waals surface area contributed by atoms with Gasteiger partial charge >= 0.3 is 5.82 Å². The van der Waals surface area contributed by atoms with E-state index in [1.807, 2.05) is 34.7 Å². The molecule has 1 aromatic rings. The zero-order valence-corrected chi connectivity index (χ0v) is 12.6. The minimum absolute atomic E-state index is 0. The van der Waals surface area contributed by atoms with Crippen LogP contribution in [0.5, 0.6) is 0 Å². The van der Waals surface area contributed by atoms with Crippen molar-refractivity contribution in [3.8, 4) is 0 Å². The molecule has 0 atom stereocenters. The molecule has 0 unspecified atom stereocenters. The number of allylic oxidation sites excluding steroid dienone is 1. The van der Waals surface area contributed by atoms with Gasteiger partial charge in [-0.1, -0.05) is 38.1 Å². The number of rotatable bonds is 5. The number of aromatic nitrogens is 2. The highest BCUT2D eigenvalue weighted by Crippen LogP contribution is 2.13. The Hall–Kier alpha value is -1.33. The van der Waals surface area contributed by atoms with Crippen molar-refractivity contribution in [1.29, 1.82) is 0 Å². The molecule has 0 saturated heterocycles. The lowest BCUT2D eigenvalue weighted by Gasteiger charge is -2.10. The van der Waals surface area contributed by atoms with Gasteiger partial charge in [0, 0.05) is 0 Å². The maximum Gasteiger partial charge on any atom is 0.305 e. The van der Waals surface area contributed by atoms with Crippen molar-refractivity contribution in [3.05, 3.63) is 30.4 Å². The summed E-state index contributed by atoms with van der Waals surface area (Å²) in [5, 5.41) is 11.6. The molecule has 0 bridgehead atoms. The molecule has 0 saturated carbocycles. The topological polar surface area (TPSA) is 50.6 Å². The standard InChI is InChI=1S/C13H21N3O2.ClH/c1-13(2,3)6-5-9-18-11-16-8-7-15(4)12(16)10-14-17;/h5-8,10H,9,11H2,1-4H3;1H/b6-5+;. The summed E-state index contributed by atoms with van der Waals surface area (Å²) in [6.07, 6.45) is 9.28. The highest BCUT2D eigenvalue weighted by Gasteiger charge is 2.11. The molecular formula is C13H22ClN3O2. The second kappa shape index (κ2) is 7.96. The largest absolute Gasteiger partial charge is 1.00 e. The minimum Gasteiger partial charge on any atom is -1.00 e. The summed E-state index contributed by atoms with van der Waals surface area (Å²) in [6, 6.07) is 0. The maximum absolute atomic E-state index is 8.58. The summed E-state index contributed by atoms with van der Waals surface area (Å²) < 4.78 is 9.26. The Labute approximate surface area is 120 Å². The van der Waals surface area contributed by atoms with Crippen LogP contribution in [-0.4, -0.2) is 22.6 Å². The predicted octanol–water partition coefficient (Wildman–Crippen LogP) is -1.30. The van der Waals surface area contributed by atoms with Crippen LogP contribution in [0.4, 0.5) is 0 Å². The smallest absolute Gasteiger partial charge is 0.305 e. The molecule has 0 aliphatic heterocycles. The molecule has 0 aliphatic rings. The lowest BCUT2D eigenvalue weighted by Crippen LogP contribution is -3.00. The van der Waals surface area contributed by atoms with Crippen LogP contribution < -0.4 is 17.0 Å². The third-order valence-corrected chi connectivity index (χ3v) is 2.36. The Bertz CT molecular complexity index is 434. The van der Waals surface area contributed by atoms with Gasteiger partial charge in [-0.25, -0.2) is 9.13 Å². The highest BCUT2D eigenvalue weighted by molar-refractivity contribution is 5.72. The monoisotopic (exact) mass is 287 g/mol. The predicted molar refractivity (Wildman–Crippen MR) is 69.5 cm³/mol. The van der Waals surface area contributed by atoms with E-state index >= 15 is 0 Å². The molecular weight excluding hydrogens is 266 g/mol. The van der Waals surface area contributed by atoms with Crippen molar-refractivity contribution in [1.82, 2.24) is 4.57 Å². The fourth-order valence-corrected chi connectivity index (χ4v) is 1.48. The molecule has 0 radical (unpaired) electrons. The molecule has 0 aromatic carbocycles. The molecule has 1 heterocycles. The van der Waals surface area contributed by atoms with Gasteiger partial charge in [-0.3, -0.25) is 0 Å². The van der Waals surface area contributed by atoms with Crippen molar-refractivity contribution >= 4 is 6.21 Å². The number of nitrogens with zero attached hydrogens (tertiary/aromatic N) is 3. The van der Waals surface area contributed by atoms with Gasteiger partial charge in [-0.2, -0.15) is 0 Å². The van der Waals surface area contributed by atoms with E-state index in [2.05, 4.69) is 32.0 Å². The number of hydrogen-bond donors (Lipinski definition) is 1. The quantitative estimate of drug-likeness (QED) is 0.183. The van der Waals surface area contributed by atoms with Gasteiger partial charge in [0.05, 0.1) is 13.7 Å².